The first-order chi connectivity index (χ1) is 7.09. The van der Waals surface area contributed by atoms with E-state index in [1.807, 2.05) is 0 Å². The molecule has 0 N–H and O–H groups in total. The molecule has 1 unspecified atom stereocenters. The van der Waals surface area contributed by atoms with Crippen molar-refractivity contribution in [2.24, 2.45) is 0 Å². The highest BCUT2D eigenvalue weighted by Gasteiger charge is 2.39. The first-order valence-corrected chi connectivity index (χ1v) is 9.17. The molecule has 0 aliphatic carbocycles. The second kappa shape index (κ2) is 4.26. The molecule has 2 aliphatic rings. The summed E-state index contributed by atoms with van der Waals surface area (Å²) in [4.78, 5) is 11.4. The number of rotatable bonds is 1. The van der Waals surface area contributed by atoms with Crippen LogP contribution in [0, 0.1) is 0 Å². The van der Waals surface area contributed by atoms with E-state index in [4.69, 9.17) is 4.74 Å². The lowest BCUT2D eigenvalue weighted by Gasteiger charge is -2.36. The van der Waals surface area contributed by atoms with E-state index in [0.717, 1.165) is 12.8 Å². The van der Waals surface area contributed by atoms with Crippen LogP contribution in [0.4, 0.5) is 0 Å². The second-order valence-electron chi connectivity index (χ2n) is 5.33. The first kappa shape index (κ1) is 11.1. The molecule has 2 aliphatic heterocycles. The van der Waals surface area contributed by atoms with Crippen LogP contribution in [0.2, 0.25) is 19.1 Å². The molecule has 86 valence electrons. The zero-order valence-electron chi connectivity index (χ0n) is 9.79. The molecular weight excluding hydrogens is 206 g/mol. The Morgan fingerprint density at radius 2 is 2.20 bits per heavy atom. The minimum absolute atomic E-state index is 0.00852. The van der Waals surface area contributed by atoms with Crippen molar-refractivity contribution < 1.29 is 9.53 Å². The van der Waals surface area contributed by atoms with E-state index in [2.05, 4.69) is 17.7 Å². The zero-order chi connectivity index (χ0) is 10.9. The van der Waals surface area contributed by atoms with Gasteiger partial charge in [0.1, 0.15) is 8.24 Å². The molecule has 3 nitrogen and oxygen atoms in total. The number of cyclic esters (lactones) is 1. The molecule has 0 radical (unpaired) electrons. The zero-order valence-corrected chi connectivity index (χ0v) is 10.8. The van der Waals surface area contributed by atoms with Gasteiger partial charge in [0.25, 0.3) is 0 Å². The van der Waals surface area contributed by atoms with Crippen molar-refractivity contribution in [1.29, 1.82) is 0 Å². The quantitative estimate of drug-likeness (QED) is 0.507. The first-order valence-electron chi connectivity index (χ1n) is 6.02. The van der Waals surface area contributed by atoms with Crippen LogP contribution in [-0.2, 0) is 9.53 Å². The molecule has 0 aromatic rings. The molecular formula is C11H21NO2Si. The van der Waals surface area contributed by atoms with Crippen molar-refractivity contribution >= 4 is 14.2 Å². The lowest BCUT2D eigenvalue weighted by molar-refractivity contribution is -0.143. The fourth-order valence-corrected chi connectivity index (χ4v) is 6.21. The smallest absolute Gasteiger partial charge is 0.307 e. The van der Waals surface area contributed by atoms with Gasteiger partial charge >= 0.3 is 5.97 Å². The third-order valence-electron chi connectivity index (χ3n) is 3.75. The molecule has 0 amide bonds. The molecule has 0 aromatic heterocycles. The molecule has 0 saturated carbocycles. The Bertz CT molecular complexity index is 255. The van der Waals surface area contributed by atoms with Crippen molar-refractivity contribution in [2.75, 3.05) is 13.2 Å². The number of esters is 1. The number of ether oxygens (including phenoxy) is 1. The van der Waals surface area contributed by atoms with Crippen molar-refractivity contribution in [3.05, 3.63) is 0 Å². The predicted octanol–water partition coefficient (Wildman–Crippen LogP) is 1.99. The third-order valence-corrected chi connectivity index (χ3v) is 7.47. The van der Waals surface area contributed by atoms with E-state index >= 15 is 0 Å². The van der Waals surface area contributed by atoms with Crippen LogP contribution in [0.1, 0.15) is 25.7 Å². The monoisotopic (exact) mass is 227 g/mol. The summed E-state index contributed by atoms with van der Waals surface area (Å²) < 4.78 is 7.76. The fourth-order valence-electron chi connectivity index (χ4n) is 2.93. The van der Waals surface area contributed by atoms with E-state index in [1.54, 1.807) is 0 Å². The second-order valence-corrected chi connectivity index (χ2v) is 10.0. The maximum atomic E-state index is 11.4. The van der Waals surface area contributed by atoms with E-state index in [-0.39, 0.29) is 5.97 Å². The molecule has 0 aromatic carbocycles. The minimum Gasteiger partial charge on any atom is -0.466 e. The van der Waals surface area contributed by atoms with Gasteiger partial charge in [0.05, 0.1) is 13.0 Å². The lowest BCUT2D eigenvalue weighted by atomic mass is 10.1. The van der Waals surface area contributed by atoms with Gasteiger partial charge in [-0.05, 0) is 31.9 Å². The Morgan fingerprint density at radius 3 is 2.87 bits per heavy atom. The average molecular weight is 227 g/mol. The minimum atomic E-state index is -1.18. The molecule has 2 saturated heterocycles. The van der Waals surface area contributed by atoms with Gasteiger partial charge in [-0.25, -0.2) is 0 Å². The average Bonchev–Trinajstić information content (AvgIpc) is 2.38. The van der Waals surface area contributed by atoms with Gasteiger partial charge in [-0.1, -0.05) is 13.1 Å². The number of hydrogen-bond acceptors (Lipinski definition) is 3. The summed E-state index contributed by atoms with van der Waals surface area (Å²) in [6.07, 6.45) is 4.13. The summed E-state index contributed by atoms with van der Waals surface area (Å²) in [5.74, 6) is 0.00852. The highest BCUT2D eigenvalue weighted by atomic mass is 28.3. The molecule has 4 heteroatoms. The summed E-state index contributed by atoms with van der Waals surface area (Å²) in [6.45, 7) is 6.69. The van der Waals surface area contributed by atoms with Crippen molar-refractivity contribution in [3.8, 4) is 0 Å². The van der Waals surface area contributed by atoms with Crippen molar-refractivity contribution in [1.82, 2.24) is 4.57 Å². The van der Waals surface area contributed by atoms with Gasteiger partial charge in [0.2, 0.25) is 0 Å². The van der Waals surface area contributed by atoms with Crippen LogP contribution in [0.3, 0.4) is 0 Å². The SMILES string of the molecule is C[Si]1(C)CCCN1C1CCCOC(=O)C1. The highest BCUT2D eigenvalue weighted by Crippen LogP contribution is 2.31. The number of carbonyl (C=O) groups is 1. The maximum absolute atomic E-state index is 11.4. The van der Waals surface area contributed by atoms with E-state index < -0.39 is 8.24 Å². The van der Waals surface area contributed by atoms with Gasteiger partial charge < -0.3 is 9.30 Å². The largest absolute Gasteiger partial charge is 0.466 e. The highest BCUT2D eigenvalue weighted by molar-refractivity contribution is 6.75. The number of carbonyl (C=O) groups excluding carboxylic acids is 1. The van der Waals surface area contributed by atoms with Crippen LogP contribution in [0.25, 0.3) is 0 Å². The summed E-state index contributed by atoms with van der Waals surface area (Å²) in [7, 11) is -1.18. The fraction of sp³-hybridized carbons (Fsp3) is 0.909. The standard InChI is InChI=1S/C11H21NO2Si/c1-15(2)8-4-6-12(15)10-5-3-7-14-11(13)9-10/h10H,3-9H2,1-2H3. The summed E-state index contributed by atoms with van der Waals surface area (Å²) in [6, 6.07) is 1.86. The van der Waals surface area contributed by atoms with Gasteiger partial charge in [-0.15, -0.1) is 0 Å². The van der Waals surface area contributed by atoms with E-state index in [0.29, 0.717) is 19.1 Å². The van der Waals surface area contributed by atoms with Crippen molar-refractivity contribution in [2.45, 2.75) is 50.9 Å². The molecule has 1 atom stereocenters. The van der Waals surface area contributed by atoms with Gasteiger partial charge in [0.15, 0.2) is 0 Å². The normalized spacial score (nSPS) is 32.4. The topological polar surface area (TPSA) is 29.5 Å². The number of hydrogen-bond donors (Lipinski definition) is 0. The van der Waals surface area contributed by atoms with E-state index in [1.165, 1.54) is 19.0 Å². The Morgan fingerprint density at radius 1 is 1.40 bits per heavy atom. The Balaban J connectivity index is 2.05. The molecule has 0 spiro atoms. The van der Waals surface area contributed by atoms with Crippen LogP contribution < -0.4 is 0 Å². The van der Waals surface area contributed by atoms with Crippen LogP contribution in [0.15, 0.2) is 0 Å². The molecule has 0 bridgehead atoms. The van der Waals surface area contributed by atoms with Gasteiger partial charge in [-0.3, -0.25) is 4.79 Å². The van der Waals surface area contributed by atoms with Crippen LogP contribution >= 0.6 is 0 Å². The predicted molar refractivity (Wildman–Crippen MR) is 62.2 cm³/mol. The molecule has 2 rings (SSSR count). The van der Waals surface area contributed by atoms with Crippen molar-refractivity contribution in [3.63, 3.8) is 0 Å². The van der Waals surface area contributed by atoms with Crippen LogP contribution in [-0.4, -0.2) is 38.0 Å². The van der Waals surface area contributed by atoms with Gasteiger partial charge in [-0.2, -0.15) is 0 Å². The summed E-state index contributed by atoms with van der Waals surface area (Å²) >= 11 is 0. The lowest BCUT2D eigenvalue weighted by Crippen LogP contribution is -2.49. The Kier molecular flexibility index (Phi) is 3.16. The summed E-state index contributed by atoms with van der Waals surface area (Å²) in [5, 5.41) is 0. The molecule has 2 heterocycles. The van der Waals surface area contributed by atoms with Crippen LogP contribution in [0.5, 0.6) is 0 Å². The summed E-state index contributed by atoms with van der Waals surface area (Å²) in [5.41, 5.74) is 0. The third kappa shape index (κ3) is 2.42. The van der Waals surface area contributed by atoms with Gasteiger partial charge in [0, 0.05) is 6.04 Å². The molecule has 2 fully saturated rings. The Labute approximate surface area is 92.9 Å². The Hall–Kier alpha value is -0.353. The van der Waals surface area contributed by atoms with E-state index in [9.17, 15) is 4.79 Å². The maximum Gasteiger partial charge on any atom is 0.307 e. The molecule has 15 heavy (non-hydrogen) atoms. The number of nitrogens with zero attached hydrogens (tertiary/aromatic N) is 1.